The van der Waals surface area contributed by atoms with Crippen molar-refractivity contribution in [1.82, 2.24) is 20.9 Å². The van der Waals surface area contributed by atoms with Crippen molar-refractivity contribution in [3.8, 4) is 0 Å². The maximum Gasteiger partial charge on any atom is 0.328 e. The fraction of sp³-hybridized carbons (Fsp3) is 0.480. The molecule has 0 aliphatic rings. The molecule has 13 heteroatoms. The summed E-state index contributed by atoms with van der Waals surface area (Å²) in [5.74, 6) is -5.29. The second-order valence-electron chi connectivity index (χ2n) is 9.46. The quantitative estimate of drug-likeness (QED) is 0.156. The number of benzene rings is 1. The number of rotatable bonds is 14. The van der Waals surface area contributed by atoms with Crippen molar-refractivity contribution in [3.05, 3.63) is 36.0 Å². The third-order valence-electron chi connectivity index (χ3n) is 6.03. The molecule has 2 rings (SSSR count). The Labute approximate surface area is 219 Å². The minimum Gasteiger partial charge on any atom is -0.481 e. The lowest BCUT2D eigenvalue weighted by atomic mass is 9.99. The topological polar surface area (TPSA) is 224 Å². The summed E-state index contributed by atoms with van der Waals surface area (Å²) in [6.07, 6.45) is -0.215. The van der Waals surface area contributed by atoms with Crippen molar-refractivity contribution in [2.24, 2.45) is 11.7 Å². The first-order valence-corrected chi connectivity index (χ1v) is 12.2. The molecular formula is C25H35N5O8. The van der Waals surface area contributed by atoms with Crippen LogP contribution in [0.15, 0.2) is 30.5 Å². The Morgan fingerprint density at radius 2 is 1.55 bits per heavy atom. The molecule has 5 unspecified atom stereocenters. The first-order valence-electron chi connectivity index (χ1n) is 12.2. The summed E-state index contributed by atoms with van der Waals surface area (Å²) in [5, 5.41) is 36.1. The van der Waals surface area contributed by atoms with Gasteiger partial charge in [-0.3, -0.25) is 19.2 Å². The molecule has 208 valence electrons. The number of carbonyl (C=O) groups is 5. The third kappa shape index (κ3) is 8.28. The predicted molar refractivity (Wildman–Crippen MR) is 137 cm³/mol. The summed E-state index contributed by atoms with van der Waals surface area (Å²) >= 11 is 0. The number of carbonyl (C=O) groups excluding carboxylic acids is 3. The lowest BCUT2D eigenvalue weighted by Gasteiger charge is -2.27. The summed E-state index contributed by atoms with van der Waals surface area (Å²) in [7, 11) is 0. The fourth-order valence-electron chi connectivity index (χ4n) is 3.84. The molecule has 0 saturated heterocycles. The van der Waals surface area contributed by atoms with Gasteiger partial charge >= 0.3 is 11.9 Å². The summed E-state index contributed by atoms with van der Waals surface area (Å²) < 4.78 is 0. The minimum absolute atomic E-state index is 0.0232. The summed E-state index contributed by atoms with van der Waals surface area (Å²) in [5.41, 5.74) is 7.23. The second kappa shape index (κ2) is 13.5. The van der Waals surface area contributed by atoms with Crippen LogP contribution >= 0.6 is 0 Å². The van der Waals surface area contributed by atoms with Crippen LogP contribution in [0.25, 0.3) is 10.9 Å². The number of fused-ring (bicyclic) bond motifs is 1. The number of hydrogen-bond acceptors (Lipinski definition) is 7. The minimum atomic E-state index is -1.61. The van der Waals surface area contributed by atoms with Crippen LogP contribution in [0.2, 0.25) is 0 Å². The molecule has 1 heterocycles. The zero-order valence-corrected chi connectivity index (χ0v) is 21.4. The number of hydrogen-bond donors (Lipinski definition) is 8. The van der Waals surface area contributed by atoms with Gasteiger partial charge in [0, 0.05) is 29.9 Å². The summed E-state index contributed by atoms with van der Waals surface area (Å²) in [6, 6.07) is 2.13. The number of aliphatic carboxylic acids is 2. The lowest BCUT2D eigenvalue weighted by molar-refractivity contribution is -0.145. The fourth-order valence-corrected chi connectivity index (χ4v) is 3.84. The molecule has 1 aromatic carbocycles. The average molecular weight is 534 g/mol. The Balaban J connectivity index is 2.28. The van der Waals surface area contributed by atoms with Gasteiger partial charge in [0.1, 0.15) is 12.1 Å². The van der Waals surface area contributed by atoms with Gasteiger partial charge in [0.25, 0.3) is 0 Å². The van der Waals surface area contributed by atoms with Crippen molar-refractivity contribution >= 4 is 40.6 Å². The maximum absolute atomic E-state index is 13.3. The first-order chi connectivity index (χ1) is 17.8. The molecule has 0 radical (unpaired) electrons. The third-order valence-corrected chi connectivity index (χ3v) is 6.03. The molecule has 0 bridgehead atoms. The van der Waals surface area contributed by atoms with Gasteiger partial charge in [0.05, 0.1) is 12.1 Å². The van der Waals surface area contributed by atoms with E-state index in [0.29, 0.717) is 5.56 Å². The molecule has 3 amide bonds. The van der Waals surface area contributed by atoms with Gasteiger partial charge in [-0.2, -0.15) is 0 Å². The van der Waals surface area contributed by atoms with E-state index in [4.69, 9.17) is 10.8 Å². The Kier molecular flexibility index (Phi) is 10.8. The van der Waals surface area contributed by atoms with Gasteiger partial charge in [-0.05, 0) is 30.9 Å². The van der Waals surface area contributed by atoms with Gasteiger partial charge in [-0.15, -0.1) is 0 Å². The van der Waals surface area contributed by atoms with Gasteiger partial charge in [0.15, 0.2) is 6.04 Å². The van der Waals surface area contributed by atoms with Crippen LogP contribution in [0.3, 0.4) is 0 Å². The lowest BCUT2D eigenvalue weighted by Crippen LogP contribution is -2.59. The largest absolute Gasteiger partial charge is 0.481 e. The zero-order valence-electron chi connectivity index (χ0n) is 21.4. The van der Waals surface area contributed by atoms with Crippen molar-refractivity contribution in [2.45, 2.75) is 70.3 Å². The average Bonchev–Trinajstić information content (AvgIpc) is 3.25. The monoisotopic (exact) mass is 533 g/mol. The zero-order chi connectivity index (χ0) is 28.6. The van der Waals surface area contributed by atoms with Gasteiger partial charge in [-0.1, -0.05) is 32.0 Å². The van der Waals surface area contributed by atoms with Crippen LogP contribution in [-0.4, -0.2) is 80.2 Å². The highest BCUT2D eigenvalue weighted by molar-refractivity contribution is 5.95. The standard InChI is InChI=1S/C25H35N5O8/c1-12(2)20(29-22(34)16(26)8-9-19(32)33)24(36)28-18(23(35)30-21(13(3)31)25(37)38)10-14-11-27-17-7-5-4-6-15(14)17/h4-7,11-13,16,18,20-21,27,31H,8-10,26H2,1-3H3,(H,28,36)(H,29,34)(H,30,35)(H,32,33)(H,37,38). The highest BCUT2D eigenvalue weighted by Crippen LogP contribution is 2.19. The normalized spacial score (nSPS) is 15.2. The number of aromatic amines is 1. The van der Waals surface area contributed by atoms with E-state index in [1.165, 1.54) is 6.92 Å². The maximum atomic E-state index is 13.3. The SMILES string of the molecule is CC(C)C(NC(=O)C(N)CCC(=O)O)C(=O)NC(Cc1c[nH]c2ccccc12)C(=O)NC(C(=O)O)C(C)O. The van der Waals surface area contributed by atoms with Crippen LogP contribution in [-0.2, 0) is 30.4 Å². The van der Waals surface area contributed by atoms with E-state index in [1.54, 1.807) is 26.1 Å². The summed E-state index contributed by atoms with van der Waals surface area (Å²) in [6.45, 7) is 4.54. The molecule has 0 aliphatic carbocycles. The Bertz CT molecular complexity index is 1160. The Hall–Kier alpha value is -3.97. The molecule has 1 aromatic heterocycles. The van der Waals surface area contributed by atoms with E-state index < -0.39 is 65.8 Å². The van der Waals surface area contributed by atoms with Crippen LogP contribution in [0.1, 0.15) is 39.2 Å². The molecule has 2 aromatic rings. The van der Waals surface area contributed by atoms with Crippen LogP contribution in [0.5, 0.6) is 0 Å². The molecule has 13 nitrogen and oxygen atoms in total. The Morgan fingerprint density at radius 3 is 2.13 bits per heavy atom. The van der Waals surface area contributed by atoms with Crippen molar-refractivity contribution in [3.63, 3.8) is 0 Å². The number of para-hydroxylation sites is 1. The van der Waals surface area contributed by atoms with E-state index in [-0.39, 0.29) is 19.3 Å². The molecule has 38 heavy (non-hydrogen) atoms. The number of amides is 3. The number of carboxylic acid groups (broad SMARTS) is 2. The van der Waals surface area contributed by atoms with Gasteiger partial charge in [-0.25, -0.2) is 4.79 Å². The van der Waals surface area contributed by atoms with Crippen molar-refractivity contribution in [2.75, 3.05) is 0 Å². The number of carboxylic acids is 2. The van der Waals surface area contributed by atoms with E-state index in [2.05, 4.69) is 20.9 Å². The number of aliphatic hydroxyl groups excluding tert-OH is 1. The van der Waals surface area contributed by atoms with Crippen LogP contribution < -0.4 is 21.7 Å². The molecule has 0 aliphatic heterocycles. The van der Waals surface area contributed by atoms with Crippen LogP contribution in [0, 0.1) is 5.92 Å². The number of H-pyrrole nitrogens is 1. The van der Waals surface area contributed by atoms with Crippen molar-refractivity contribution in [1.29, 1.82) is 0 Å². The number of aliphatic hydroxyl groups is 1. The van der Waals surface area contributed by atoms with E-state index >= 15 is 0 Å². The number of nitrogens with one attached hydrogen (secondary N) is 4. The molecule has 5 atom stereocenters. The highest BCUT2D eigenvalue weighted by atomic mass is 16.4. The summed E-state index contributed by atoms with van der Waals surface area (Å²) in [4.78, 5) is 64.3. The van der Waals surface area contributed by atoms with E-state index in [1.807, 2.05) is 18.2 Å². The smallest absolute Gasteiger partial charge is 0.328 e. The van der Waals surface area contributed by atoms with Crippen LogP contribution in [0.4, 0.5) is 0 Å². The van der Waals surface area contributed by atoms with Gasteiger partial charge < -0.3 is 42.0 Å². The Morgan fingerprint density at radius 1 is 0.921 bits per heavy atom. The highest BCUT2D eigenvalue weighted by Gasteiger charge is 2.33. The first kappa shape index (κ1) is 30.3. The van der Waals surface area contributed by atoms with Crippen molar-refractivity contribution < 1.29 is 39.3 Å². The second-order valence-corrected chi connectivity index (χ2v) is 9.46. The van der Waals surface area contributed by atoms with E-state index in [0.717, 1.165) is 10.9 Å². The van der Waals surface area contributed by atoms with Gasteiger partial charge in [0.2, 0.25) is 17.7 Å². The predicted octanol–water partition coefficient (Wildman–Crippen LogP) is -0.522. The molecule has 9 N–H and O–H groups in total. The molecule has 0 fully saturated rings. The molecular weight excluding hydrogens is 498 g/mol. The van der Waals surface area contributed by atoms with E-state index in [9.17, 15) is 34.2 Å². The molecule has 0 saturated carbocycles. The molecule has 0 spiro atoms. The number of aromatic nitrogens is 1. The number of nitrogens with two attached hydrogens (primary N) is 1.